The summed E-state index contributed by atoms with van der Waals surface area (Å²) >= 11 is 1.72. The summed E-state index contributed by atoms with van der Waals surface area (Å²) in [5.74, 6) is 0.988. The monoisotopic (exact) mass is 280 g/mol. The number of nitrogens with one attached hydrogen (secondary N) is 1. The molecular formula is C14H20N2O2S. The van der Waals surface area contributed by atoms with Crippen molar-refractivity contribution in [3.63, 3.8) is 0 Å². The molecule has 1 aliphatic heterocycles. The van der Waals surface area contributed by atoms with E-state index in [1.54, 1.807) is 11.8 Å². The van der Waals surface area contributed by atoms with E-state index in [2.05, 4.69) is 28.6 Å². The molecule has 0 unspecified atom stereocenters. The maximum Gasteiger partial charge on any atom is 0.237 e. The van der Waals surface area contributed by atoms with Crippen molar-refractivity contribution in [2.24, 2.45) is 0 Å². The van der Waals surface area contributed by atoms with Crippen molar-refractivity contribution in [2.45, 2.75) is 17.9 Å². The van der Waals surface area contributed by atoms with Gasteiger partial charge in [0.05, 0.1) is 6.04 Å². The first-order chi connectivity index (χ1) is 9.20. The predicted molar refractivity (Wildman–Crippen MR) is 77.8 cm³/mol. The van der Waals surface area contributed by atoms with E-state index in [4.69, 9.17) is 4.74 Å². The molecular weight excluding hydrogens is 260 g/mol. The Morgan fingerprint density at radius 3 is 2.84 bits per heavy atom. The number of ether oxygens (including phenoxy) is 1. The van der Waals surface area contributed by atoms with Gasteiger partial charge >= 0.3 is 0 Å². The fourth-order valence-electron chi connectivity index (χ4n) is 2.09. The molecule has 0 spiro atoms. The number of hydrogen-bond donors (Lipinski definition) is 1. The van der Waals surface area contributed by atoms with Crippen molar-refractivity contribution in [2.75, 3.05) is 32.5 Å². The third-order valence-electron chi connectivity index (χ3n) is 3.33. The Labute approximate surface area is 118 Å². The van der Waals surface area contributed by atoms with Crippen molar-refractivity contribution < 1.29 is 9.53 Å². The van der Waals surface area contributed by atoms with E-state index in [-0.39, 0.29) is 11.9 Å². The van der Waals surface area contributed by atoms with Crippen LogP contribution in [0.1, 0.15) is 6.92 Å². The molecule has 1 amide bonds. The molecule has 5 heteroatoms. The zero-order valence-electron chi connectivity index (χ0n) is 11.4. The molecule has 0 bridgehead atoms. The number of carbonyl (C=O) groups excluding carboxylic acids is 1. The summed E-state index contributed by atoms with van der Waals surface area (Å²) < 4.78 is 5.71. The van der Waals surface area contributed by atoms with Crippen molar-refractivity contribution in [1.82, 2.24) is 10.2 Å². The number of hydrogen-bond acceptors (Lipinski definition) is 4. The van der Waals surface area contributed by atoms with Crippen LogP contribution in [0.15, 0.2) is 29.2 Å². The normalized spacial score (nSPS) is 20.1. The number of rotatable bonds is 5. The smallest absolute Gasteiger partial charge is 0.237 e. The molecule has 1 aliphatic rings. The Hall–Kier alpha value is -1.20. The van der Waals surface area contributed by atoms with E-state index in [1.165, 1.54) is 4.90 Å². The molecule has 1 atom stereocenters. The number of nitrogens with zero attached hydrogens (tertiary/aromatic N) is 1. The highest BCUT2D eigenvalue weighted by Gasteiger charge is 2.24. The molecule has 4 nitrogen and oxygen atoms in total. The number of thioether (sulfide) groups is 1. The third kappa shape index (κ3) is 3.88. The fraction of sp³-hybridized carbons (Fsp3) is 0.500. The molecule has 1 fully saturated rings. The van der Waals surface area contributed by atoms with Gasteiger partial charge in [0.2, 0.25) is 5.91 Å². The Kier molecular flexibility index (Phi) is 5.10. The molecule has 1 aromatic rings. The van der Waals surface area contributed by atoms with Crippen LogP contribution in [0.25, 0.3) is 0 Å². The lowest BCUT2D eigenvalue weighted by molar-refractivity contribution is -0.128. The van der Waals surface area contributed by atoms with Gasteiger partial charge in [0, 0.05) is 24.5 Å². The van der Waals surface area contributed by atoms with Crippen LogP contribution in [0.3, 0.4) is 0 Å². The van der Waals surface area contributed by atoms with Crippen LogP contribution in [0.5, 0.6) is 5.75 Å². The minimum atomic E-state index is -0.0591. The summed E-state index contributed by atoms with van der Waals surface area (Å²) in [5.41, 5.74) is 0. The second kappa shape index (κ2) is 6.82. The summed E-state index contributed by atoms with van der Waals surface area (Å²) in [4.78, 5) is 14.9. The van der Waals surface area contributed by atoms with Crippen LogP contribution in [0, 0.1) is 0 Å². The fourth-order valence-corrected chi connectivity index (χ4v) is 2.50. The van der Waals surface area contributed by atoms with E-state index in [1.807, 2.05) is 19.1 Å². The van der Waals surface area contributed by atoms with Gasteiger partial charge in [-0.15, -0.1) is 11.8 Å². The van der Waals surface area contributed by atoms with Gasteiger partial charge in [0.1, 0.15) is 12.4 Å². The first-order valence-electron chi connectivity index (χ1n) is 6.49. The van der Waals surface area contributed by atoms with E-state index in [9.17, 15) is 4.79 Å². The first kappa shape index (κ1) is 14.2. The lowest BCUT2D eigenvalue weighted by Crippen LogP contribution is -2.54. The summed E-state index contributed by atoms with van der Waals surface area (Å²) in [6, 6.07) is 8.01. The molecule has 0 aromatic heterocycles. The van der Waals surface area contributed by atoms with Crippen LogP contribution >= 0.6 is 11.8 Å². The predicted octanol–water partition coefficient (Wildman–Crippen LogP) is 1.61. The van der Waals surface area contributed by atoms with E-state index in [0.717, 1.165) is 25.4 Å². The molecule has 1 aromatic carbocycles. The second-order valence-electron chi connectivity index (χ2n) is 4.53. The highest BCUT2D eigenvalue weighted by Crippen LogP contribution is 2.18. The molecule has 0 radical (unpaired) electrons. The minimum Gasteiger partial charge on any atom is -0.492 e. The van der Waals surface area contributed by atoms with Gasteiger partial charge in [0.15, 0.2) is 0 Å². The average Bonchev–Trinajstić information content (AvgIpc) is 2.44. The number of benzene rings is 1. The van der Waals surface area contributed by atoms with E-state index in [0.29, 0.717) is 6.61 Å². The first-order valence-corrected chi connectivity index (χ1v) is 7.72. The highest BCUT2D eigenvalue weighted by atomic mass is 32.2. The van der Waals surface area contributed by atoms with Gasteiger partial charge in [-0.2, -0.15) is 0 Å². The summed E-state index contributed by atoms with van der Waals surface area (Å²) in [6.45, 7) is 4.93. The van der Waals surface area contributed by atoms with Crippen molar-refractivity contribution >= 4 is 17.7 Å². The van der Waals surface area contributed by atoms with Crippen molar-refractivity contribution in [1.29, 1.82) is 0 Å². The SMILES string of the molecule is CSc1ccc(OCCN2CCNC(=O)[C@H]2C)cc1. The van der Waals surface area contributed by atoms with E-state index < -0.39 is 0 Å². The number of carbonyl (C=O) groups is 1. The standard InChI is InChI=1S/C14H20N2O2S/c1-11-14(17)15-7-8-16(11)9-10-18-12-3-5-13(19-2)6-4-12/h3-6,11H,7-10H2,1-2H3,(H,15,17)/t11-/m1/s1. The topological polar surface area (TPSA) is 41.6 Å². The molecule has 1 heterocycles. The Bertz CT molecular complexity index is 422. The molecule has 2 rings (SSSR count). The van der Waals surface area contributed by atoms with Gasteiger partial charge in [-0.3, -0.25) is 9.69 Å². The number of amides is 1. The molecule has 1 saturated heterocycles. The summed E-state index contributed by atoms with van der Waals surface area (Å²) in [6.07, 6.45) is 2.05. The maximum absolute atomic E-state index is 11.5. The minimum absolute atomic E-state index is 0.0591. The highest BCUT2D eigenvalue weighted by molar-refractivity contribution is 7.98. The second-order valence-corrected chi connectivity index (χ2v) is 5.41. The third-order valence-corrected chi connectivity index (χ3v) is 4.08. The van der Waals surface area contributed by atoms with Crippen LogP contribution in [-0.4, -0.2) is 49.3 Å². The lowest BCUT2D eigenvalue weighted by Gasteiger charge is -2.32. The molecule has 1 N–H and O–H groups in total. The van der Waals surface area contributed by atoms with Crippen LogP contribution in [-0.2, 0) is 4.79 Å². The maximum atomic E-state index is 11.5. The van der Waals surface area contributed by atoms with Gasteiger partial charge in [-0.05, 0) is 37.4 Å². The average molecular weight is 280 g/mol. The van der Waals surface area contributed by atoms with Gasteiger partial charge in [-0.25, -0.2) is 0 Å². The summed E-state index contributed by atoms with van der Waals surface area (Å²) in [5, 5.41) is 2.86. The Balaban J connectivity index is 1.77. The van der Waals surface area contributed by atoms with Crippen molar-refractivity contribution in [3.8, 4) is 5.75 Å². The zero-order valence-corrected chi connectivity index (χ0v) is 12.2. The van der Waals surface area contributed by atoms with Crippen LogP contribution in [0.2, 0.25) is 0 Å². The lowest BCUT2D eigenvalue weighted by atomic mass is 10.2. The zero-order chi connectivity index (χ0) is 13.7. The van der Waals surface area contributed by atoms with Crippen LogP contribution < -0.4 is 10.1 Å². The Morgan fingerprint density at radius 1 is 1.42 bits per heavy atom. The van der Waals surface area contributed by atoms with Gasteiger partial charge < -0.3 is 10.1 Å². The van der Waals surface area contributed by atoms with Gasteiger partial charge in [0.25, 0.3) is 0 Å². The van der Waals surface area contributed by atoms with Crippen LogP contribution in [0.4, 0.5) is 0 Å². The van der Waals surface area contributed by atoms with E-state index >= 15 is 0 Å². The Morgan fingerprint density at radius 2 is 2.16 bits per heavy atom. The largest absolute Gasteiger partial charge is 0.492 e. The van der Waals surface area contributed by atoms with Gasteiger partial charge in [-0.1, -0.05) is 0 Å². The molecule has 0 aliphatic carbocycles. The molecule has 0 saturated carbocycles. The molecule has 19 heavy (non-hydrogen) atoms. The quantitative estimate of drug-likeness (QED) is 0.832. The summed E-state index contributed by atoms with van der Waals surface area (Å²) in [7, 11) is 0. The molecule has 104 valence electrons. The van der Waals surface area contributed by atoms with Crippen molar-refractivity contribution in [3.05, 3.63) is 24.3 Å². The number of piperazine rings is 1.